The van der Waals surface area contributed by atoms with Gasteiger partial charge in [-0.2, -0.15) is 0 Å². The summed E-state index contributed by atoms with van der Waals surface area (Å²) in [5, 5.41) is 25.3. The van der Waals surface area contributed by atoms with Crippen LogP contribution in [0.2, 0.25) is 0 Å². The molecule has 0 radical (unpaired) electrons. The number of amides is 10. The third-order valence-corrected chi connectivity index (χ3v) is 12.1. The number of carbonyl (C=O) groups is 10. The van der Waals surface area contributed by atoms with Crippen molar-refractivity contribution in [1.29, 1.82) is 0 Å². The second kappa shape index (κ2) is 27.2. The van der Waals surface area contributed by atoms with Crippen molar-refractivity contribution < 1.29 is 61.8 Å². The molecule has 0 spiro atoms. The molecule has 1 aliphatic rings. The molecule has 22 nitrogen and oxygen atoms in total. The van der Waals surface area contributed by atoms with Gasteiger partial charge in [0.05, 0.1) is 18.9 Å². The molecular formula is C53H63F2N11O11. The Morgan fingerprint density at radius 1 is 0.740 bits per heavy atom. The average Bonchev–Trinajstić information content (AvgIpc) is 3.93. The number of nitrogens with one attached hydrogen (secondary N) is 6. The van der Waals surface area contributed by atoms with E-state index in [1.54, 1.807) is 49.7 Å². The second-order valence-corrected chi connectivity index (χ2v) is 19.3. The number of aliphatic hydroxyl groups is 1. The first-order valence-electron chi connectivity index (χ1n) is 24.5. The molecule has 9 N–H and O–H groups in total. The van der Waals surface area contributed by atoms with Crippen LogP contribution < -0.4 is 37.6 Å². The fourth-order valence-electron chi connectivity index (χ4n) is 8.36. The number of nitrogens with zero attached hydrogens (tertiary/aromatic N) is 4. The Morgan fingerprint density at radius 3 is 2.00 bits per heavy atom. The number of benzene rings is 2. The third-order valence-electron chi connectivity index (χ3n) is 12.1. The summed E-state index contributed by atoms with van der Waals surface area (Å²) in [6, 6.07) is 10.2. The minimum absolute atomic E-state index is 0.0595. The zero-order valence-electron chi connectivity index (χ0n) is 43.1. The van der Waals surface area contributed by atoms with Gasteiger partial charge < -0.3 is 52.2 Å². The minimum Gasteiger partial charge on any atom is -0.387 e. The largest absolute Gasteiger partial charge is 0.387 e. The van der Waals surface area contributed by atoms with Gasteiger partial charge in [0.1, 0.15) is 49.0 Å². The molecule has 4 aromatic rings. The molecule has 3 heterocycles. The van der Waals surface area contributed by atoms with Gasteiger partial charge in [-0.3, -0.25) is 57.8 Å². The first kappa shape index (κ1) is 59.2. The first-order valence-corrected chi connectivity index (χ1v) is 24.5. The van der Waals surface area contributed by atoms with Crippen molar-refractivity contribution in [3.8, 4) is 11.1 Å². The van der Waals surface area contributed by atoms with Gasteiger partial charge in [0.15, 0.2) is 0 Å². The van der Waals surface area contributed by atoms with Crippen molar-refractivity contribution in [2.24, 2.45) is 11.1 Å². The van der Waals surface area contributed by atoms with Crippen molar-refractivity contribution in [2.75, 3.05) is 32.8 Å². The molecule has 410 valence electrons. The number of hydrogen-bond acceptors (Lipinski definition) is 12. The Balaban J connectivity index is 1.41. The van der Waals surface area contributed by atoms with Crippen LogP contribution in [0.1, 0.15) is 70.3 Å². The molecule has 2 aromatic carbocycles. The first-order chi connectivity index (χ1) is 36.4. The highest BCUT2D eigenvalue weighted by molar-refractivity contribution is 6.14. The summed E-state index contributed by atoms with van der Waals surface area (Å²) < 4.78 is 31.8. The summed E-state index contributed by atoms with van der Waals surface area (Å²) >= 11 is 0. The Bertz CT molecular complexity index is 2840. The van der Waals surface area contributed by atoms with Gasteiger partial charge >= 0.3 is 0 Å². The van der Waals surface area contributed by atoms with Gasteiger partial charge in [-0.15, -0.1) is 0 Å². The predicted octanol–water partition coefficient (Wildman–Crippen LogP) is 0.429. The molecule has 5 atom stereocenters. The molecular weight excluding hydrogens is 1000 g/mol. The number of halogens is 2. The highest BCUT2D eigenvalue weighted by Gasteiger charge is 2.39. The number of rotatable bonds is 26. The molecule has 77 heavy (non-hydrogen) atoms. The molecule has 10 amide bonds. The van der Waals surface area contributed by atoms with E-state index in [2.05, 4.69) is 36.9 Å². The van der Waals surface area contributed by atoms with Crippen LogP contribution in [0.5, 0.6) is 0 Å². The summed E-state index contributed by atoms with van der Waals surface area (Å²) in [7, 11) is 0. The molecule has 0 aliphatic carbocycles. The van der Waals surface area contributed by atoms with Crippen molar-refractivity contribution in [3.05, 3.63) is 126 Å². The summed E-state index contributed by atoms with van der Waals surface area (Å²) in [5.41, 5.74) is 6.66. The lowest BCUT2D eigenvalue weighted by Crippen LogP contribution is -2.58. The Hall–Kier alpha value is -8.67. The molecule has 1 unspecified atom stereocenters. The standard InChI is InChI=1S/C53H63F2N11O11/c1-31(60-43(69)23-33-15-18-57-19-16-33)49(74)61-32(2)50(75)63-40(26-42(56)68)52(77)62-39(51(76)59-21-20-58-44(70)29-66-45(71)13-14-46(66)72)17-22-65(47(73)30-67)48(53(3,4)5)41-24-35(37-25-36(54)11-12-38(37)55)28-64(41)27-34-9-7-6-8-10-34/h6-16,18-19,24-25,28,31-32,39-40,48,67H,17,20-23,26-27,29-30H2,1-5H3,(H2,56,68)(H,58,70)(H,59,76)(H,60,69)(H,61,74)(H,62,77)(H,63,75)/t31-,32+,39-,40-,48?/m0/s1. The van der Waals surface area contributed by atoms with Gasteiger partial charge in [-0.05, 0) is 73.2 Å². The SMILES string of the molecule is C[C@H](NC(=O)Cc1ccncc1)C(=O)N[C@H](C)C(=O)N[C@@H](CC(N)=O)C(=O)N[C@@H](CCN(C(=O)CO)C(c1cc(-c2cc(F)ccc2F)cn1Cc1ccccc1)C(C)(C)C)C(=O)NCCNC(=O)CN1C(=O)C=CC1=O. The van der Waals surface area contributed by atoms with E-state index < -0.39 is 132 Å². The van der Waals surface area contributed by atoms with Crippen LogP contribution in [0.25, 0.3) is 11.1 Å². The summed E-state index contributed by atoms with van der Waals surface area (Å²) in [6.07, 6.45) is 5.35. The number of pyridine rings is 1. The molecule has 0 fully saturated rings. The number of primary amides is 1. The lowest BCUT2D eigenvalue weighted by Gasteiger charge is -2.41. The second-order valence-electron chi connectivity index (χ2n) is 19.3. The molecule has 5 rings (SSSR count). The van der Waals surface area contributed by atoms with Crippen molar-refractivity contribution in [3.63, 3.8) is 0 Å². The maximum atomic E-state index is 15.4. The number of aliphatic hydroxyl groups excluding tert-OH is 1. The van der Waals surface area contributed by atoms with E-state index in [0.717, 1.165) is 35.9 Å². The summed E-state index contributed by atoms with van der Waals surface area (Å²) in [4.78, 5) is 136. The minimum atomic E-state index is -1.75. The maximum Gasteiger partial charge on any atom is 0.254 e. The van der Waals surface area contributed by atoms with Gasteiger partial charge in [-0.25, -0.2) is 8.78 Å². The van der Waals surface area contributed by atoms with E-state index >= 15 is 4.39 Å². The van der Waals surface area contributed by atoms with Crippen LogP contribution >= 0.6 is 0 Å². The Morgan fingerprint density at radius 2 is 1.36 bits per heavy atom. The highest BCUT2D eigenvalue weighted by atomic mass is 19.1. The van der Waals surface area contributed by atoms with E-state index in [1.807, 2.05) is 30.3 Å². The quantitative estimate of drug-likeness (QED) is 0.0314. The lowest BCUT2D eigenvalue weighted by atomic mass is 9.82. The van der Waals surface area contributed by atoms with Crippen LogP contribution in [-0.4, -0.2) is 140 Å². The maximum absolute atomic E-state index is 15.4. The van der Waals surface area contributed by atoms with Crippen LogP contribution in [0, 0.1) is 17.0 Å². The molecule has 2 aromatic heterocycles. The number of nitrogens with two attached hydrogens (primary N) is 1. The topological polar surface area (TPSA) is 313 Å². The monoisotopic (exact) mass is 1070 g/mol. The smallest absolute Gasteiger partial charge is 0.254 e. The normalized spacial score (nSPS) is 14.1. The predicted molar refractivity (Wildman–Crippen MR) is 274 cm³/mol. The van der Waals surface area contributed by atoms with E-state index in [4.69, 9.17) is 5.73 Å². The van der Waals surface area contributed by atoms with Gasteiger partial charge in [0.2, 0.25) is 47.3 Å². The molecule has 0 bridgehead atoms. The number of carbonyl (C=O) groups excluding carboxylic acids is 10. The number of hydrogen-bond donors (Lipinski definition) is 8. The fourth-order valence-corrected chi connectivity index (χ4v) is 8.36. The third kappa shape index (κ3) is 17.2. The van der Waals surface area contributed by atoms with E-state index in [-0.39, 0.29) is 43.7 Å². The van der Waals surface area contributed by atoms with Gasteiger partial charge in [-0.1, -0.05) is 51.1 Å². The molecule has 24 heteroatoms. The average molecular weight is 1070 g/mol. The zero-order valence-corrected chi connectivity index (χ0v) is 43.1. The zero-order chi connectivity index (χ0) is 56.6. The number of aromatic nitrogens is 2. The van der Waals surface area contributed by atoms with Crippen molar-refractivity contribution >= 4 is 59.1 Å². The molecule has 0 saturated heterocycles. The van der Waals surface area contributed by atoms with Gasteiger partial charge in [0, 0.05) is 73.7 Å². The van der Waals surface area contributed by atoms with Crippen LogP contribution in [0.3, 0.4) is 0 Å². The molecule has 1 aliphatic heterocycles. The fraction of sp³-hybridized carbons (Fsp3) is 0.377. The van der Waals surface area contributed by atoms with Gasteiger partial charge in [0.25, 0.3) is 11.8 Å². The van der Waals surface area contributed by atoms with E-state index in [1.165, 1.54) is 31.1 Å². The van der Waals surface area contributed by atoms with Crippen molar-refractivity contribution in [1.82, 2.24) is 51.3 Å². The highest BCUT2D eigenvalue weighted by Crippen LogP contribution is 2.41. The van der Waals surface area contributed by atoms with Crippen LogP contribution in [-0.2, 0) is 60.9 Å². The Labute approximate surface area is 442 Å². The lowest BCUT2D eigenvalue weighted by molar-refractivity contribution is -0.141. The summed E-state index contributed by atoms with van der Waals surface area (Å²) in [6.45, 7) is 5.71. The van der Waals surface area contributed by atoms with E-state index in [0.29, 0.717) is 16.2 Å². The van der Waals surface area contributed by atoms with E-state index in [9.17, 15) is 57.4 Å². The van der Waals surface area contributed by atoms with Crippen LogP contribution in [0.15, 0.2) is 97.5 Å². The van der Waals surface area contributed by atoms with Crippen molar-refractivity contribution in [2.45, 2.75) is 90.6 Å². The number of imide groups is 1. The molecule has 0 saturated carbocycles. The Kier molecular flexibility index (Phi) is 20.9. The summed E-state index contributed by atoms with van der Waals surface area (Å²) in [5.74, 6) is -9.66. The van der Waals surface area contributed by atoms with Crippen LogP contribution in [0.4, 0.5) is 8.78 Å².